The van der Waals surface area contributed by atoms with Crippen LogP contribution in [0.1, 0.15) is 53.2 Å². The third kappa shape index (κ3) is 4.10. The molecule has 1 aliphatic heterocycles. The zero-order valence-corrected chi connectivity index (χ0v) is 15.3. The molecule has 134 valence electrons. The summed E-state index contributed by atoms with van der Waals surface area (Å²) in [7, 11) is 0. The van der Waals surface area contributed by atoms with Gasteiger partial charge < -0.3 is 10.1 Å². The maximum atomic E-state index is 12.6. The second-order valence-corrected chi connectivity index (χ2v) is 6.80. The predicted octanol–water partition coefficient (Wildman–Crippen LogP) is 3.42. The van der Waals surface area contributed by atoms with Crippen molar-refractivity contribution in [3.8, 4) is 0 Å². The summed E-state index contributed by atoms with van der Waals surface area (Å²) >= 11 is 0. The van der Waals surface area contributed by atoms with E-state index in [1.54, 1.807) is 4.68 Å². The lowest BCUT2D eigenvalue weighted by Gasteiger charge is -2.32. The van der Waals surface area contributed by atoms with Crippen LogP contribution in [-0.2, 0) is 11.3 Å². The lowest BCUT2D eigenvalue weighted by atomic mass is 9.89. The fraction of sp³-hybridized carbons (Fsp3) is 0.500. The molecule has 2 atom stereocenters. The first kappa shape index (κ1) is 17.7. The summed E-state index contributed by atoms with van der Waals surface area (Å²) in [6.45, 7) is 8.07. The Kier molecular flexibility index (Phi) is 5.53. The molecule has 3 rings (SSSR count). The molecule has 0 bridgehead atoms. The van der Waals surface area contributed by atoms with E-state index in [9.17, 15) is 4.79 Å². The van der Waals surface area contributed by atoms with E-state index in [1.165, 1.54) is 11.1 Å². The minimum atomic E-state index is -0.0596. The van der Waals surface area contributed by atoms with E-state index in [1.807, 2.05) is 19.9 Å². The smallest absolute Gasteiger partial charge is 0.269 e. The minimum Gasteiger partial charge on any atom is -0.373 e. The molecule has 0 unspecified atom stereocenters. The van der Waals surface area contributed by atoms with Crippen LogP contribution >= 0.6 is 0 Å². The third-order valence-corrected chi connectivity index (χ3v) is 4.81. The zero-order valence-electron chi connectivity index (χ0n) is 15.3. The van der Waals surface area contributed by atoms with Crippen LogP contribution < -0.4 is 5.32 Å². The first-order chi connectivity index (χ1) is 12.1. The first-order valence-electron chi connectivity index (χ1n) is 9.09. The van der Waals surface area contributed by atoms with Gasteiger partial charge in [0.2, 0.25) is 0 Å². The maximum absolute atomic E-state index is 12.6. The molecule has 1 aliphatic rings. The average molecular weight is 341 g/mol. The average Bonchev–Trinajstić information content (AvgIpc) is 3.02. The molecule has 1 aromatic carbocycles. The molecule has 1 saturated heterocycles. The van der Waals surface area contributed by atoms with Gasteiger partial charge in [0.25, 0.3) is 5.91 Å². The first-order valence-corrected chi connectivity index (χ1v) is 9.09. The fourth-order valence-corrected chi connectivity index (χ4v) is 3.46. The van der Waals surface area contributed by atoms with Crippen LogP contribution in [0.25, 0.3) is 0 Å². The van der Waals surface area contributed by atoms with Gasteiger partial charge in [-0.3, -0.25) is 9.48 Å². The monoisotopic (exact) mass is 341 g/mol. The number of hydrogen-bond acceptors (Lipinski definition) is 3. The summed E-state index contributed by atoms with van der Waals surface area (Å²) in [5, 5.41) is 7.43. The number of nitrogens with one attached hydrogen (secondary N) is 1. The Labute approximate surface area is 149 Å². The number of rotatable bonds is 5. The van der Waals surface area contributed by atoms with Gasteiger partial charge in [-0.15, -0.1) is 0 Å². The summed E-state index contributed by atoms with van der Waals surface area (Å²) in [5.41, 5.74) is 3.93. The van der Waals surface area contributed by atoms with Gasteiger partial charge in [0, 0.05) is 25.6 Å². The number of nitrogens with zero attached hydrogens (tertiary/aromatic N) is 2. The molecule has 2 heterocycles. The molecule has 1 fully saturated rings. The van der Waals surface area contributed by atoms with Crippen LogP contribution in [0.4, 0.5) is 0 Å². The van der Waals surface area contributed by atoms with Crippen LogP contribution in [0.3, 0.4) is 0 Å². The van der Waals surface area contributed by atoms with Crippen molar-refractivity contribution in [3.63, 3.8) is 0 Å². The quantitative estimate of drug-likeness (QED) is 0.906. The molecule has 5 nitrogen and oxygen atoms in total. The van der Waals surface area contributed by atoms with E-state index in [4.69, 9.17) is 4.74 Å². The highest BCUT2D eigenvalue weighted by Gasteiger charge is 2.28. The van der Waals surface area contributed by atoms with Crippen molar-refractivity contribution in [2.24, 2.45) is 5.92 Å². The summed E-state index contributed by atoms with van der Waals surface area (Å²) in [6, 6.07) is 10.3. The van der Waals surface area contributed by atoms with Crippen molar-refractivity contribution in [2.45, 2.75) is 46.3 Å². The lowest BCUT2D eigenvalue weighted by Crippen LogP contribution is -2.36. The van der Waals surface area contributed by atoms with Gasteiger partial charge in [0.15, 0.2) is 0 Å². The van der Waals surface area contributed by atoms with Crippen LogP contribution in [-0.4, -0.2) is 28.8 Å². The number of hydrogen-bond donors (Lipinski definition) is 1. The minimum absolute atomic E-state index is 0.0486. The summed E-state index contributed by atoms with van der Waals surface area (Å²) < 4.78 is 7.78. The molecular weight excluding hydrogens is 314 g/mol. The van der Waals surface area contributed by atoms with Crippen molar-refractivity contribution in [3.05, 3.63) is 52.8 Å². The fourth-order valence-electron chi connectivity index (χ4n) is 3.46. The summed E-state index contributed by atoms with van der Waals surface area (Å²) in [5.74, 6) is 0.232. The highest BCUT2D eigenvalue weighted by atomic mass is 16.5. The molecule has 2 aromatic rings. The SMILES string of the molecule is CCn1nc(C)cc1C(=O)NC[C@@H]1CCCO[C@@H]1c1ccc(C)cc1. The van der Waals surface area contributed by atoms with Gasteiger partial charge in [0.1, 0.15) is 5.69 Å². The molecular formula is C20H27N3O2. The Hall–Kier alpha value is -2.14. The molecule has 5 heteroatoms. The van der Waals surface area contributed by atoms with Crippen molar-refractivity contribution in [2.75, 3.05) is 13.2 Å². The van der Waals surface area contributed by atoms with Gasteiger partial charge in [0.05, 0.1) is 11.8 Å². The van der Waals surface area contributed by atoms with Crippen molar-refractivity contribution >= 4 is 5.91 Å². The second-order valence-electron chi connectivity index (χ2n) is 6.80. The predicted molar refractivity (Wildman–Crippen MR) is 97.6 cm³/mol. The summed E-state index contributed by atoms with van der Waals surface area (Å²) in [4.78, 5) is 12.6. The van der Waals surface area contributed by atoms with E-state index in [2.05, 4.69) is 41.6 Å². The molecule has 1 N–H and O–H groups in total. The molecule has 25 heavy (non-hydrogen) atoms. The molecule has 0 radical (unpaired) electrons. The van der Waals surface area contributed by atoms with Crippen molar-refractivity contribution in [1.29, 1.82) is 0 Å². The third-order valence-electron chi connectivity index (χ3n) is 4.81. The van der Waals surface area contributed by atoms with Gasteiger partial charge in [-0.05, 0) is 45.2 Å². The van der Waals surface area contributed by atoms with E-state index in [-0.39, 0.29) is 12.0 Å². The van der Waals surface area contributed by atoms with Gasteiger partial charge >= 0.3 is 0 Å². The Morgan fingerprint density at radius 2 is 2.08 bits per heavy atom. The number of amides is 1. The van der Waals surface area contributed by atoms with Gasteiger partial charge in [-0.25, -0.2) is 0 Å². The Morgan fingerprint density at radius 3 is 2.80 bits per heavy atom. The van der Waals surface area contributed by atoms with Gasteiger partial charge in [-0.2, -0.15) is 5.10 Å². The van der Waals surface area contributed by atoms with Crippen LogP contribution in [0.2, 0.25) is 0 Å². The molecule has 1 aromatic heterocycles. The van der Waals surface area contributed by atoms with Crippen molar-refractivity contribution < 1.29 is 9.53 Å². The Bertz CT molecular complexity index is 721. The van der Waals surface area contributed by atoms with Crippen LogP contribution in [0.15, 0.2) is 30.3 Å². The highest BCUT2D eigenvalue weighted by molar-refractivity contribution is 5.92. The zero-order chi connectivity index (χ0) is 17.8. The molecule has 0 saturated carbocycles. The van der Waals surface area contributed by atoms with E-state index in [0.717, 1.165) is 25.1 Å². The lowest BCUT2D eigenvalue weighted by molar-refractivity contribution is -0.0272. The highest BCUT2D eigenvalue weighted by Crippen LogP contribution is 2.33. The topological polar surface area (TPSA) is 56.2 Å². The van der Waals surface area contributed by atoms with E-state index in [0.29, 0.717) is 24.7 Å². The number of carbonyl (C=O) groups is 1. The second kappa shape index (κ2) is 7.83. The number of aromatic nitrogens is 2. The van der Waals surface area contributed by atoms with E-state index < -0.39 is 0 Å². The molecule has 0 spiro atoms. The number of benzene rings is 1. The molecule has 1 amide bonds. The van der Waals surface area contributed by atoms with E-state index >= 15 is 0 Å². The Balaban J connectivity index is 1.67. The summed E-state index contributed by atoms with van der Waals surface area (Å²) in [6.07, 6.45) is 2.15. The van der Waals surface area contributed by atoms with Gasteiger partial charge in [-0.1, -0.05) is 29.8 Å². The van der Waals surface area contributed by atoms with Crippen LogP contribution in [0.5, 0.6) is 0 Å². The number of aryl methyl sites for hydroxylation is 3. The molecule has 0 aliphatic carbocycles. The van der Waals surface area contributed by atoms with Crippen LogP contribution in [0, 0.1) is 19.8 Å². The largest absolute Gasteiger partial charge is 0.373 e. The normalized spacial score (nSPS) is 20.4. The Morgan fingerprint density at radius 1 is 1.32 bits per heavy atom. The number of ether oxygens (including phenoxy) is 1. The standard InChI is InChI=1S/C20H27N3O2/c1-4-23-18(12-15(3)22-23)20(24)21-13-17-6-5-11-25-19(17)16-9-7-14(2)8-10-16/h7-10,12,17,19H,4-6,11,13H2,1-3H3,(H,21,24)/t17-,19+/m0/s1. The maximum Gasteiger partial charge on any atom is 0.269 e. The number of carbonyl (C=O) groups excluding carboxylic acids is 1. The van der Waals surface area contributed by atoms with Crippen molar-refractivity contribution in [1.82, 2.24) is 15.1 Å².